The van der Waals surface area contributed by atoms with E-state index in [1.807, 2.05) is 23.1 Å². The zero-order valence-corrected chi connectivity index (χ0v) is 15.0. The first-order valence-corrected chi connectivity index (χ1v) is 8.64. The van der Waals surface area contributed by atoms with Gasteiger partial charge in [-0.15, -0.1) is 0 Å². The average molecular weight is 379 g/mol. The second-order valence-corrected chi connectivity index (χ2v) is 6.18. The first-order chi connectivity index (χ1) is 12.8. The number of hydrogen-bond acceptors (Lipinski definition) is 5. The lowest BCUT2D eigenvalue weighted by Crippen LogP contribution is -2.43. The van der Waals surface area contributed by atoms with Crippen molar-refractivity contribution in [1.82, 2.24) is 15.3 Å². The lowest BCUT2D eigenvalue weighted by atomic mass is 10.0. The van der Waals surface area contributed by atoms with Gasteiger partial charge in [0.15, 0.2) is 5.69 Å². The standard InChI is InChI=1S/C19H24F3N5/c1-3-5-6-7-14(4-2)13-24-15-8-10-27(11-9-15)17-12-16(19(20,21)22)25-18(23)26-17/h3-7,12,15,24H,1-2,8-11,13H2,(H2,23,25,26)/b6-5-,14-7+. The van der Waals surface area contributed by atoms with Crippen LogP contribution in [0.15, 0.2) is 55.2 Å². The summed E-state index contributed by atoms with van der Waals surface area (Å²) in [7, 11) is 0. The number of allylic oxidation sites excluding steroid dienone is 4. The van der Waals surface area contributed by atoms with E-state index in [0.29, 0.717) is 19.6 Å². The molecular weight excluding hydrogens is 355 g/mol. The van der Waals surface area contributed by atoms with Gasteiger partial charge in [0.05, 0.1) is 0 Å². The van der Waals surface area contributed by atoms with E-state index in [4.69, 9.17) is 5.73 Å². The Labute approximate surface area is 157 Å². The normalized spacial score (nSPS) is 16.7. The Bertz CT molecular complexity index is 717. The third-order valence-corrected chi connectivity index (χ3v) is 4.25. The van der Waals surface area contributed by atoms with Gasteiger partial charge in [-0.1, -0.05) is 43.5 Å². The molecule has 0 spiro atoms. The average Bonchev–Trinajstić information content (AvgIpc) is 2.64. The summed E-state index contributed by atoms with van der Waals surface area (Å²) in [5, 5.41) is 3.46. The maximum Gasteiger partial charge on any atom is 0.433 e. The van der Waals surface area contributed by atoms with Gasteiger partial charge >= 0.3 is 6.18 Å². The highest BCUT2D eigenvalue weighted by Crippen LogP contribution is 2.30. The Morgan fingerprint density at radius 3 is 2.56 bits per heavy atom. The SMILES string of the molecule is C=C/C=C\C=C(/C=C)CNC1CCN(c2cc(C(F)(F)F)nc(N)n2)CC1. The number of nitrogens with two attached hydrogens (primary N) is 1. The summed E-state index contributed by atoms with van der Waals surface area (Å²) < 4.78 is 38.7. The molecule has 0 saturated carbocycles. The number of rotatable bonds is 7. The Morgan fingerprint density at radius 1 is 1.26 bits per heavy atom. The third-order valence-electron chi connectivity index (χ3n) is 4.25. The Hall–Kier alpha value is -2.61. The van der Waals surface area contributed by atoms with E-state index in [-0.39, 0.29) is 17.8 Å². The minimum atomic E-state index is -4.54. The Morgan fingerprint density at radius 2 is 1.96 bits per heavy atom. The summed E-state index contributed by atoms with van der Waals surface area (Å²) in [6, 6.07) is 1.23. The highest BCUT2D eigenvalue weighted by atomic mass is 19.4. The minimum Gasteiger partial charge on any atom is -0.368 e. The van der Waals surface area contributed by atoms with Gasteiger partial charge in [0.2, 0.25) is 5.95 Å². The molecule has 1 fully saturated rings. The van der Waals surface area contributed by atoms with Gasteiger partial charge in [-0.05, 0) is 18.4 Å². The van der Waals surface area contributed by atoms with Gasteiger partial charge in [0.1, 0.15) is 5.82 Å². The van der Waals surface area contributed by atoms with Gasteiger partial charge in [0.25, 0.3) is 0 Å². The van der Waals surface area contributed by atoms with Crippen molar-refractivity contribution in [3.05, 3.63) is 60.9 Å². The van der Waals surface area contributed by atoms with Crippen LogP contribution in [-0.2, 0) is 6.18 Å². The molecule has 8 heteroatoms. The maximum absolute atomic E-state index is 12.9. The van der Waals surface area contributed by atoms with Crippen LogP contribution in [0.4, 0.5) is 24.9 Å². The van der Waals surface area contributed by atoms with Crippen LogP contribution >= 0.6 is 0 Å². The highest BCUT2D eigenvalue weighted by Gasteiger charge is 2.34. The van der Waals surface area contributed by atoms with Crippen LogP contribution < -0.4 is 16.0 Å². The van der Waals surface area contributed by atoms with Crippen molar-refractivity contribution in [3.8, 4) is 0 Å². The van der Waals surface area contributed by atoms with Crippen molar-refractivity contribution in [1.29, 1.82) is 0 Å². The van der Waals surface area contributed by atoms with Crippen LogP contribution in [-0.4, -0.2) is 35.6 Å². The second-order valence-electron chi connectivity index (χ2n) is 6.18. The fraction of sp³-hybridized carbons (Fsp3) is 0.368. The van der Waals surface area contributed by atoms with Gasteiger partial charge in [-0.25, -0.2) is 4.98 Å². The zero-order chi connectivity index (χ0) is 19.9. The predicted octanol–water partition coefficient (Wildman–Crippen LogP) is 3.49. The van der Waals surface area contributed by atoms with E-state index in [2.05, 4.69) is 28.4 Å². The Kier molecular flexibility index (Phi) is 7.18. The smallest absolute Gasteiger partial charge is 0.368 e. The zero-order valence-electron chi connectivity index (χ0n) is 15.0. The first-order valence-electron chi connectivity index (χ1n) is 8.64. The second kappa shape index (κ2) is 9.36. The number of nitrogen functional groups attached to an aromatic ring is 1. The summed E-state index contributed by atoms with van der Waals surface area (Å²) in [6.45, 7) is 9.27. The minimum absolute atomic E-state index is 0.217. The fourth-order valence-corrected chi connectivity index (χ4v) is 2.79. The van der Waals surface area contributed by atoms with E-state index in [1.165, 1.54) is 0 Å². The van der Waals surface area contributed by atoms with Crippen LogP contribution in [0.5, 0.6) is 0 Å². The molecule has 2 heterocycles. The lowest BCUT2D eigenvalue weighted by molar-refractivity contribution is -0.141. The van der Waals surface area contributed by atoms with Crippen molar-refractivity contribution >= 4 is 11.8 Å². The van der Waals surface area contributed by atoms with Crippen LogP contribution in [0.2, 0.25) is 0 Å². The molecule has 1 aliphatic rings. The third kappa shape index (κ3) is 6.25. The molecule has 1 aromatic rings. The van der Waals surface area contributed by atoms with Gasteiger partial charge in [-0.3, -0.25) is 0 Å². The van der Waals surface area contributed by atoms with Gasteiger partial charge in [-0.2, -0.15) is 18.2 Å². The summed E-state index contributed by atoms with van der Waals surface area (Å²) >= 11 is 0. The molecular formula is C19H24F3N5. The van der Waals surface area contributed by atoms with Crippen LogP contribution in [0.1, 0.15) is 18.5 Å². The van der Waals surface area contributed by atoms with Crippen LogP contribution in [0, 0.1) is 0 Å². The van der Waals surface area contributed by atoms with Crippen molar-refractivity contribution in [3.63, 3.8) is 0 Å². The molecule has 0 amide bonds. The molecule has 3 N–H and O–H groups in total. The molecule has 0 unspecified atom stereocenters. The van der Waals surface area contributed by atoms with Crippen LogP contribution in [0.3, 0.4) is 0 Å². The summed E-state index contributed by atoms with van der Waals surface area (Å²) in [4.78, 5) is 9.05. The number of aromatic nitrogens is 2. The molecule has 0 atom stereocenters. The van der Waals surface area contributed by atoms with E-state index >= 15 is 0 Å². The summed E-state index contributed by atoms with van der Waals surface area (Å²) in [6.07, 6.45) is 6.22. The molecule has 0 radical (unpaired) electrons. The molecule has 1 saturated heterocycles. The van der Waals surface area contributed by atoms with E-state index in [0.717, 1.165) is 24.5 Å². The molecule has 5 nitrogen and oxygen atoms in total. The number of anilines is 2. The fourth-order valence-electron chi connectivity index (χ4n) is 2.79. The van der Waals surface area contributed by atoms with Gasteiger partial charge in [0, 0.05) is 31.7 Å². The lowest BCUT2D eigenvalue weighted by Gasteiger charge is -2.33. The van der Waals surface area contributed by atoms with Crippen LogP contribution in [0.25, 0.3) is 0 Å². The predicted molar refractivity (Wildman–Crippen MR) is 102 cm³/mol. The Balaban J connectivity index is 1.93. The molecule has 2 rings (SSSR count). The molecule has 146 valence electrons. The maximum atomic E-state index is 12.9. The van der Waals surface area contributed by atoms with Crippen molar-refractivity contribution in [2.75, 3.05) is 30.3 Å². The van der Waals surface area contributed by atoms with Crippen molar-refractivity contribution in [2.45, 2.75) is 25.1 Å². The number of piperidine rings is 1. The molecule has 0 aromatic carbocycles. The van der Waals surface area contributed by atoms with Crippen molar-refractivity contribution in [2.24, 2.45) is 0 Å². The molecule has 1 aromatic heterocycles. The topological polar surface area (TPSA) is 67.1 Å². The van der Waals surface area contributed by atoms with Crippen molar-refractivity contribution < 1.29 is 13.2 Å². The number of hydrogen-bond donors (Lipinski definition) is 2. The van der Waals surface area contributed by atoms with E-state index < -0.39 is 11.9 Å². The molecule has 1 aliphatic heterocycles. The number of nitrogens with one attached hydrogen (secondary N) is 1. The largest absolute Gasteiger partial charge is 0.433 e. The number of alkyl halides is 3. The first kappa shape index (κ1) is 20.7. The van der Waals surface area contributed by atoms with Gasteiger partial charge < -0.3 is 16.0 Å². The monoisotopic (exact) mass is 379 g/mol. The quantitative estimate of drug-likeness (QED) is 0.710. The molecule has 0 bridgehead atoms. The summed E-state index contributed by atoms with van der Waals surface area (Å²) in [5.74, 6) is -0.150. The highest BCUT2D eigenvalue weighted by molar-refractivity contribution is 5.44. The number of halogens is 3. The molecule has 0 aliphatic carbocycles. The molecule has 27 heavy (non-hydrogen) atoms. The van der Waals surface area contributed by atoms with E-state index in [9.17, 15) is 13.2 Å². The number of nitrogens with zero attached hydrogens (tertiary/aromatic N) is 3. The summed E-state index contributed by atoms with van der Waals surface area (Å²) in [5.41, 5.74) is 5.48. The van der Waals surface area contributed by atoms with E-state index in [1.54, 1.807) is 12.2 Å².